The van der Waals surface area contributed by atoms with Crippen molar-refractivity contribution in [3.8, 4) is 22.9 Å². The molecule has 1 saturated carbocycles. The van der Waals surface area contributed by atoms with Crippen molar-refractivity contribution < 1.29 is 19.4 Å². The maximum atomic E-state index is 12.3. The number of hydrogen-bond donors (Lipinski definition) is 1. The van der Waals surface area contributed by atoms with Crippen LogP contribution in [0.2, 0.25) is 0 Å². The molecular formula is C36H33N5O4. The maximum Gasteiger partial charge on any atom is 0.316 e. The predicted molar refractivity (Wildman–Crippen MR) is 171 cm³/mol. The van der Waals surface area contributed by atoms with Gasteiger partial charge in [0, 0.05) is 41.9 Å². The summed E-state index contributed by atoms with van der Waals surface area (Å²) in [7, 11) is 1.54. The van der Waals surface area contributed by atoms with Gasteiger partial charge in [0.25, 0.3) is 0 Å². The molecule has 9 nitrogen and oxygen atoms in total. The zero-order valence-electron chi connectivity index (χ0n) is 25.0. The Morgan fingerprint density at radius 3 is 2.49 bits per heavy atom. The third kappa shape index (κ3) is 5.93. The summed E-state index contributed by atoms with van der Waals surface area (Å²) >= 11 is 0. The van der Waals surface area contributed by atoms with Gasteiger partial charge in [-0.1, -0.05) is 61.4 Å². The van der Waals surface area contributed by atoms with Gasteiger partial charge in [0.2, 0.25) is 0 Å². The highest BCUT2D eigenvalue weighted by molar-refractivity contribution is 5.79. The second-order valence-corrected chi connectivity index (χ2v) is 11.5. The Balaban J connectivity index is 1.19. The normalized spacial score (nSPS) is 16.6. The van der Waals surface area contributed by atoms with Crippen LogP contribution in [-0.2, 0) is 17.9 Å². The number of methoxy groups -OCH3 is 1. The van der Waals surface area contributed by atoms with Gasteiger partial charge >= 0.3 is 12.0 Å². The van der Waals surface area contributed by atoms with Crippen molar-refractivity contribution in [2.24, 2.45) is 5.92 Å². The Hall–Kier alpha value is -5.31. The number of carbonyl (C=O) groups is 1. The first-order valence-corrected chi connectivity index (χ1v) is 15.2. The average molecular weight is 600 g/mol. The van der Waals surface area contributed by atoms with Crippen LogP contribution in [0, 0.1) is 5.92 Å². The molecule has 0 bridgehead atoms. The van der Waals surface area contributed by atoms with Crippen LogP contribution in [-0.4, -0.2) is 42.7 Å². The molecule has 3 aromatic carbocycles. The van der Waals surface area contributed by atoms with Gasteiger partial charge < -0.3 is 19.1 Å². The molecule has 45 heavy (non-hydrogen) atoms. The monoisotopic (exact) mass is 599 g/mol. The lowest BCUT2D eigenvalue weighted by atomic mass is 9.78. The van der Waals surface area contributed by atoms with Crippen molar-refractivity contribution in [2.45, 2.75) is 44.8 Å². The van der Waals surface area contributed by atoms with E-state index in [1.165, 1.54) is 0 Å². The molecule has 0 radical (unpaired) electrons. The van der Waals surface area contributed by atoms with Gasteiger partial charge in [-0.3, -0.25) is 4.79 Å². The van der Waals surface area contributed by atoms with Gasteiger partial charge in [-0.25, -0.2) is 19.9 Å². The Morgan fingerprint density at radius 1 is 0.889 bits per heavy atom. The summed E-state index contributed by atoms with van der Waals surface area (Å²) in [5.41, 5.74) is 6.49. The fourth-order valence-electron chi connectivity index (χ4n) is 6.30. The molecule has 3 aromatic heterocycles. The molecule has 0 saturated heterocycles. The fraction of sp³-hybridized carbons (Fsp3) is 0.250. The quantitative estimate of drug-likeness (QED) is 0.188. The average Bonchev–Trinajstić information content (AvgIpc) is 3.44. The zero-order valence-corrected chi connectivity index (χ0v) is 25.0. The first-order valence-electron chi connectivity index (χ1n) is 15.2. The molecule has 7 rings (SSSR count). The lowest BCUT2D eigenvalue weighted by Crippen LogP contribution is -2.27. The van der Waals surface area contributed by atoms with Gasteiger partial charge in [0.05, 0.1) is 35.3 Å². The lowest BCUT2D eigenvalue weighted by molar-refractivity contribution is -0.143. The summed E-state index contributed by atoms with van der Waals surface area (Å²) in [6.07, 6.45) is 6.86. The number of carboxylic acids is 1. The highest BCUT2D eigenvalue weighted by Crippen LogP contribution is 2.39. The van der Waals surface area contributed by atoms with Crippen LogP contribution in [0.1, 0.15) is 48.7 Å². The maximum absolute atomic E-state index is 12.3. The molecular weight excluding hydrogens is 566 g/mol. The van der Waals surface area contributed by atoms with Crippen molar-refractivity contribution in [2.75, 3.05) is 7.11 Å². The molecule has 1 fully saturated rings. The molecule has 3 heterocycles. The van der Waals surface area contributed by atoms with E-state index in [1.807, 2.05) is 60.7 Å². The molecule has 2 atom stereocenters. The number of carboxylic acid groups (broad SMARTS) is 1. The van der Waals surface area contributed by atoms with Gasteiger partial charge in [-0.15, -0.1) is 0 Å². The minimum absolute atomic E-state index is 0.162. The minimum atomic E-state index is -0.753. The molecule has 1 aliphatic rings. The smallest absolute Gasteiger partial charge is 0.316 e. The van der Waals surface area contributed by atoms with Crippen molar-refractivity contribution in [1.82, 2.24) is 24.5 Å². The SMILES string of the molecule is COc1ncc(-c2ccc(Cn3c(C4CCCC[C@@H]4C(=O)O)nc4cc(OCc5ccc6ccccc6n5)ccc43)cc2)cn1. The zero-order chi connectivity index (χ0) is 30.8. The topological polar surface area (TPSA) is 112 Å². The number of pyridine rings is 1. The first kappa shape index (κ1) is 28.5. The predicted octanol–water partition coefficient (Wildman–Crippen LogP) is 7.04. The number of hydrogen-bond acceptors (Lipinski definition) is 7. The number of ether oxygens (including phenoxy) is 2. The van der Waals surface area contributed by atoms with Crippen molar-refractivity contribution in [3.63, 3.8) is 0 Å². The molecule has 226 valence electrons. The summed E-state index contributed by atoms with van der Waals surface area (Å²) in [5, 5.41) is 11.2. The van der Waals surface area contributed by atoms with E-state index in [9.17, 15) is 9.90 Å². The van der Waals surface area contributed by atoms with Crippen LogP contribution in [0.5, 0.6) is 11.8 Å². The number of nitrogens with zero attached hydrogens (tertiary/aromatic N) is 5. The van der Waals surface area contributed by atoms with E-state index in [-0.39, 0.29) is 5.92 Å². The Kier molecular flexibility index (Phi) is 7.82. The molecule has 0 amide bonds. The van der Waals surface area contributed by atoms with E-state index < -0.39 is 11.9 Å². The first-order chi connectivity index (χ1) is 22.1. The van der Waals surface area contributed by atoms with Crippen molar-refractivity contribution in [1.29, 1.82) is 0 Å². The second kappa shape index (κ2) is 12.4. The van der Waals surface area contributed by atoms with E-state index in [1.54, 1.807) is 19.5 Å². The summed E-state index contributed by atoms with van der Waals surface area (Å²) in [6, 6.07) is 26.6. The van der Waals surface area contributed by atoms with E-state index >= 15 is 0 Å². The number of fused-ring (bicyclic) bond motifs is 2. The molecule has 0 spiro atoms. The minimum Gasteiger partial charge on any atom is -0.487 e. The van der Waals surface area contributed by atoms with E-state index in [0.29, 0.717) is 31.3 Å². The van der Waals surface area contributed by atoms with Gasteiger partial charge in [-0.05, 0) is 48.2 Å². The van der Waals surface area contributed by atoms with E-state index in [4.69, 9.17) is 19.4 Å². The van der Waals surface area contributed by atoms with Crippen LogP contribution in [0.15, 0.2) is 91.3 Å². The third-order valence-corrected chi connectivity index (χ3v) is 8.65. The molecule has 9 heteroatoms. The summed E-state index contributed by atoms with van der Waals surface area (Å²) in [4.78, 5) is 30.5. The van der Waals surface area contributed by atoms with Crippen molar-refractivity contribution >= 4 is 27.9 Å². The number of para-hydroxylation sites is 1. The van der Waals surface area contributed by atoms with Crippen LogP contribution >= 0.6 is 0 Å². The van der Waals surface area contributed by atoms with Crippen LogP contribution < -0.4 is 9.47 Å². The van der Waals surface area contributed by atoms with Crippen LogP contribution in [0.3, 0.4) is 0 Å². The molecule has 6 aromatic rings. The Labute approximate surface area is 260 Å². The fourth-order valence-corrected chi connectivity index (χ4v) is 6.30. The number of aromatic nitrogens is 5. The molecule has 1 N–H and O–H groups in total. The number of imidazole rings is 1. The summed E-state index contributed by atoms with van der Waals surface area (Å²) in [6.45, 7) is 0.897. The number of aliphatic carboxylic acids is 1. The Bertz CT molecular complexity index is 1970. The van der Waals surface area contributed by atoms with E-state index in [0.717, 1.165) is 69.4 Å². The summed E-state index contributed by atoms with van der Waals surface area (Å²) in [5.74, 6) is 0.138. The number of benzene rings is 3. The van der Waals surface area contributed by atoms with Gasteiger partial charge in [-0.2, -0.15) is 0 Å². The highest BCUT2D eigenvalue weighted by Gasteiger charge is 2.35. The van der Waals surface area contributed by atoms with Crippen LogP contribution in [0.4, 0.5) is 0 Å². The Morgan fingerprint density at radius 2 is 1.69 bits per heavy atom. The number of rotatable bonds is 9. The third-order valence-electron chi connectivity index (χ3n) is 8.65. The molecule has 0 aliphatic heterocycles. The van der Waals surface area contributed by atoms with Gasteiger partial charge in [0.1, 0.15) is 18.2 Å². The highest BCUT2D eigenvalue weighted by atomic mass is 16.5. The largest absolute Gasteiger partial charge is 0.487 e. The summed E-state index contributed by atoms with van der Waals surface area (Å²) < 4.78 is 13.4. The van der Waals surface area contributed by atoms with Crippen molar-refractivity contribution in [3.05, 3.63) is 108 Å². The van der Waals surface area contributed by atoms with Crippen LogP contribution in [0.25, 0.3) is 33.1 Å². The molecule has 1 aliphatic carbocycles. The lowest BCUT2D eigenvalue weighted by Gasteiger charge is -2.28. The second-order valence-electron chi connectivity index (χ2n) is 11.5. The van der Waals surface area contributed by atoms with E-state index in [2.05, 4.69) is 32.7 Å². The molecule has 1 unspecified atom stereocenters. The standard InChI is InChI=1S/C36H33N5O4/c1-44-36-37-19-26(20-38-36)24-12-10-23(11-13-24)21-41-33-17-16-28(45-22-27-15-14-25-6-2-5-9-31(25)39-27)18-32(33)40-34(41)29-7-3-4-8-30(29)35(42)43/h2,5-6,9-20,29-30H,3-4,7-8,21-22H2,1H3,(H,42,43)/t29?,30-/m0/s1. The van der Waals surface area contributed by atoms with Gasteiger partial charge in [0.15, 0.2) is 0 Å².